The average molecular weight is 276 g/mol. The van der Waals surface area contributed by atoms with E-state index >= 15 is 0 Å². The van der Waals surface area contributed by atoms with Crippen molar-refractivity contribution in [3.05, 3.63) is 34.9 Å². The molecule has 0 aliphatic carbocycles. The third-order valence-electron chi connectivity index (χ3n) is 2.02. The van der Waals surface area contributed by atoms with Gasteiger partial charge < -0.3 is 4.74 Å². The van der Waals surface area contributed by atoms with Crippen molar-refractivity contribution in [1.29, 1.82) is 0 Å². The normalized spacial score (nSPS) is 10.5. The first-order valence-corrected chi connectivity index (χ1v) is 4.99. The van der Waals surface area contributed by atoms with Gasteiger partial charge in [0.2, 0.25) is 5.28 Å². The summed E-state index contributed by atoms with van der Waals surface area (Å²) in [6.07, 6.45) is 0. The van der Waals surface area contributed by atoms with Crippen LogP contribution in [0.5, 0.6) is 6.01 Å². The number of rotatable bonds is 2. The van der Waals surface area contributed by atoms with Crippen LogP contribution in [0.4, 0.5) is 13.2 Å². The van der Waals surface area contributed by atoms with E-state index in [0.29, 0.717) is 12.1 Å². The van der Waals surface area contributed by atoms with Crippen molar-refractivity contribution in [3.8, 4) is 17.4 Å². The van der Waals surface area contributed by atoms with Crippen molar-refractivity contribution in [2.75, 3.05) is 7.11 Å². The summed E-state index contributed by atoms with van der Waals surface area (Å²) in [7, 11) is 1.27. The SMILES string of the molecule is COc1nc(Cl)nc(-c2cc(F)c(F)cc2F)n1. The van der Waals surface area contributed by atoms with Crippen LogP contribution in [0.3, 0.4) is 0 Å². The van der Waals surface area contributed by atoms with Crippen molar-refractivity contribution in [1.82, 2.24) is 15.0 Å². The Bertz CT molecular complexity index is 609. The molecule has 0 spiro atoms. The maximum Gasteiger partial charge on any atom is 0.321 e. The molecule has 0 N–H and O–H groups in total. The van der Waals surface area contributed by atoms with Crippen molar-refractivity contribution in [2.45, 2.75) is 0 Å². The molecule has 0 saturated carbocycles. The van der Waals surface area contributed by atoms with Gasteiger partial charge in [-0.05, 0) is 17.7 Å². The van der Waals surface area contributed by atoms with Gasteiger partial charge in [0, 0.05) is 6.07 Å². The van der Waals surface area contributed by atoms with Crippen molar-refractivity contribution in [2.24, 2.45) is 0 Å². The van der Waals surface area contributed by atoms with E-state index in [4.69, 9.17) is 16.3 Å². The first-order valence-electron chi connectivity index (χ1n) is 4.61. The first kappa shape index (κ1) is 12.6. The highest BCUT2D eigenvalue weighted by atomic mass is 35.5. The van der Waals surface area contributed by atoms with Crippen LogP contribution in [-0.4, -0.2) is 22.1 Å². The molecule has 4 nitrogen and oxygen atoms in total. The topological polar surface area (TPSA) is 47.9 Å². The molecule has 8 heteroatoms. The van der Waals surface area contributed by atoms with Gasteiger partial charge in [0.25, 0.3) is 0 Å². The quantitative estimate of drug-likeness (QED) is 0.791. The molecule has 94 valence electrons. The molecule has 1 aromatic carbocycles. The molecule has 18 heavy (non-hydrogen) atoms. The standard InChI is InChI=1S/C10H5ClF3N3O/c1-18-10-16-8(15-9(11)17-10)4-2-6(13)7(14)3-5(4)12/h2-3H,1H3. The Hall–Kier alpha value is -1.89. The minimum absolute atomic E-state index is 0.158. The molecule has 0 radical (unpaired) electrons. The number of nitrogens with zero attached hydrogens (tertiary/aromatic N) is 3. The minimum Gasteiger partial charge on any atom is -0.467 e. The van der Waals surface area contributed by atoms with Gasteiger partial charge in [-0.15, -0.1) is 0 Å². The molecule has 0 bridgehead atoms. The van der Waals surface area contributed by atoms with Crippen LogP contribution in [-0.2, 0) is 0 Å². The molecule has 2 rings (SSSR count). The second-order valence-corrected chi connectivity index (χ2v) is 3.50. The lowest BCUT2D eigenvalue weighted by molar-refractivity contribution is 0.378. The zero-order chi connectivity index (χ0) is 13.3. The zero-order valence-electron chi connectivity index (χ0n) is 8.92. The molecule has 0 fully saturated rings. The monoisotopic (exact) mass is 275 g/mol. The Kier molecular flexibility index (Phi) is 3.33. The van der Waals surface area contributed by atoms with Crippen LogP contribution in [0.1, 0.15) is 0 Å². The number of hydrogen-bond acceptors (Lipinski definition) is 4. The highest BCUT2D eigenvalue weighted by Gasteiger charge is 2.15. The van der Waals surface area contributed by atoms with E-state index in [1.54, 1.807) is 0 Å². The van der Waals surface area contributed by atoms with Gasteiger partial charge >= 0.3 is 6.01 Å². The lowest BCUT2D eigenvalue weighted by Gasteiger charge is -2.04. The number of halogens is 4. The summed E-state index contributed by atoms with van der Waals surface area (Å²) in [6.45, 7) is 0. The van der Waals surface area contributed by atoms with Crippen molar-refractivity contribution in [3.63, 3.8) is 0 Å². The highest BCUT2D eigenvalue weighted by molar-refractivity contribution is 6.28. The van der Waals surface area contributed by atoms with Gasteiger partial charge in [-0.25, -0.2) is 13.2 Å². The summed E-state index contributed by atoms with van der Waals surface area (Å²) in [5.41, 5.74) is -0.337. The number of benzene rings is 1. The van der Waals surface area contributed by atoms with Gasteiger partial charge in [0.15, 0.2) is 17.5 Å². The third kappa shape index (κ3) is 2.35. The van der Waals surface area contributed by atoms with Crippen LogP contribution in [0.2, 0.25) is 5.28 Å². The van der Waals surface area contributed by atoms with E-state index in [1.807, 2.05) is 0 Å². The van der Waals surface area contributed by atoms with Crippen molar-refractivity contribution < 1.29 is 17.9 Å². The van der Waals surface area contributed by atoms with Gasteiger partial charge in [0.1, 0.15) is 5.82 Å². The summed E-state index contributed by atoms with van der Waals surface area (Å²) in [5, 5.41) is -0.249. The summed E-state index contributed by atoms with van der Waals surface area (Å²) in [5.74, 6) is -3.79. The fourth-order valence-electron chi connectivity index (χ4n) is 1.24. The Morgan fingerprint density at radius 1 is 1.00 bits per heavy atom. The molecule has 0 saturated heterocycles. The van der Waals surface area contributed by atoms with E-state index in [0.717, 1.165) is 0 Å². The zero-order valence-corrected chi connectivity index (χ0v) is 9.67. The number of ether oxygens (including phenoxy) is 1. The number of methoxy groups -OCH3 is 1. The summed E-state index contributed by atoms with van der Waals surface area (Å²) >= 11 is 5.57. The second kappa shape index (κ2) is 4.77. The van der Waals surface area contributed by atoms with Crippen LogP contribution >= 0.6 is 11.6 Å². The van der Waals surface area contributed by atoms with E-state index in [9.17, 15) is 13.2 Å². The minimum atomic E-state index is -1.30. The third-order valence-corrected chi connectivity index (χ3v) is 2.19. The van der Waals surface area contributed by atoms with E-state index in [2.05, 4.69) is 15.0 Å². The highest BCUT2D eigenvalue weighted by Crippen LogP contribution is 2.24. The number of aromatic nitrogens is 3. The molecule has 0 atom stereocenters. The summed E-state index contributed by atoms with van der Waals surface area (Å²) in [4.78, 5) is 10.9. The molecule has 1 aromatic heterocycles. The molecule has 0 aliphatic rings. The Morgan fingerprint density at radius 3 is 2.33 bits per heavy atom. The predicted molar refractivity (Wildman–Crippen MR) is 56.7 cm³/mol. The predicted octanol–water partition coefficient (Wildman–Crippen LogP) is 2.62. The first-order chi connectivity index (χ1) is 8.51. The molecule has 1 heterocycles. The molecule has 2 aromatic rings. The lowest BCUT2D eigenvalue weighted by atomic mass is 10.2. The van der Waals surface area contributed by atoms with Crippen LogP contribution in [0.15, 0.2) is 12.1 Å². The molecule has 0 unspecified atom stereocenters. The molecular weight excluding hydrogens is 271 g/mol. The number of hydrogen-bond donors (Lipinski definition) is 0. The largest absolute Gasteiger partial charge is 0.467 e. The maximum absolute atomic E-state index is 13.5. The Morgan fingerprint density at radius 2 is 1.67 bits per heavy atom. The van der Waals surface area contributed by atoms with Crippen molar-refractivity contribution >= 4 is 11.6 Å². The van der Waals surface area contributed by atoms with Gasteiger partial charge in [-0.1, -0.05) is 0 Å². The Balaban J connectivity index is 2.61. The molecule has 0 amide bonds. The second-order valence-electron chi connectivity index (χ2n) is 3.16. The van der Waals surface area contributed by atoms with Crippen LogP contribution < -0.4 is 4.74 Å². The van der Waals surface area contributed by atoms with E-state index < -0.39 is 17.5 Å². The van der Waals surface area contributed by atoms with Gasteiger partial charge in [0.05, 0.1) is 12.7 Å². The maximum atomic E-state index is 13.5. The fraction of sp³-hybridized carbons (Fsp3) is 0.100. The average Bonchev–Trinajstić information content (AvgIpc) is 2.33. The van der Waals surface area contributed by atoms with E-state index in [-0.39, 0.29) is 22.7 Å². The molecule has 0 aliphatic heterocycles. The van der Waals surface area contributed by atoms with Gasteiger partial charge in [-0.2, -0.15) is 15.0 Å². The van der Waals surface area contributed by atoms with Crippen LogP contribution in [0.25, 0.3) is 11.4 Å². The smallest absolute Gasteiger partial charge is 0.321 e. The Labute approximate surface area is 104 Å². The summed E-state index contributed by atoms with van der Waals surface area (Å²) < 4.78 is 44.0. The fourth-order valence-corrected chi connectivity index (χ4v) is 1.39. The summed E-state index contributed by atoms with van der Waals surface area (Å²) in [6, 6.07) is 0.874. The molecular formula is C10H5ClF3N3O. The lowest BCUT2D eigenvalue weighted by Crippen LogP contribution is -2.00. The van der Waals surface area contributed by atoms with E-state index in [1.165, 1.54) is 7.11 Å². The van der Waals surface area contributed by atoms with Gasteiger partial charge in [-0.3, -0.25) is 0 Å². The van der Waals surface area contributed by atoms with Crippen LogP contribution in [0, 0.1) is 17.5 Å².